The Kier molecular flexibility index (Phi) is 3.50. The molecule has 1 heterocycles. The number of amides is 1. The molecule has 0 unspecified atom stereocenters. The minimum atomic E-state index is -0.219. The summed E-state index contributed by atoms with van der Waals surface area (Å²) < 4.78 is 0. The van der Waals surface area contributed by atoms with Gasteiger partial charge in [0.15, 0.2) is 0 Å². The lowest BCUT2D eigenvalue weighted by Crippen LogP contribution is -2.37. The topological polar surface area (TPSA) is 37.4 Å². The maximum absolute atomic E-state index is 12.3. The minimum absolute atomic E-state index is 0.0508. The Morgan fingerprint density at radius 2 is 2.00 bits per heavy atom. The first-order chi connectivity index (χ1) is 9.78. The summed E-state index contributed by atoms with van der Waals surface area (Å²) in [5.74, 6) is 0.0508. The Bertz CT molecular complexity index is 650. The molecule has 0 bridgehead atoms. The second kappa shape index (κ2) is 5.45. The Morgan fingerprint density at radius 1 is 1.20 bits per heavy atom. The van der Waals surface area contributed by atoms with Crippen LogP contribution in [0.25, 0.3) is 10.8 Å². The zero-order valence-electron chi connectivity index (χ0n) is 11.3. The van der Waals surface area contributed by atoms with E-state index in [9.17, 15) is 9.59 Å². The van der Waals surface area contributed by atoms with Crippen LogP contribution in [-0.2, 0) is 16.0 Å². The molecular weight excluding hydrogens is 250 g/mol. The molecule has 1 atom stereocenters. The van der Waals surface area contributed by atoms with Crippen LogP contribution in [0.1, 0.15) is 18.4 Å². The molecular formula is C17H17NO2. The van der Waals surface area contributed by atoms with E-state index >= 15 is 0 Å². The van der Waals surface area contributed by atoms with Crippen molar-refractivity contribution in [1.29, 1.82) is 0 Å². The maximum Gasteiger partial charge on any atom is 0.227 e. The van der Waals surface area contributed by atoms with Gasteiger partial charge in [0, 0.05) is 6.54 Å². The predicted octanol–water partition coefficient (Wildman–Crippen LogP) is 2.57. The van der Waals surface area contributed by atoms with Gasteiger partial charge >= 0.3 is 0 Å². The standard InChI is InChI=1S/C17H17NO2/c19-12-16-6-3-9-18(16)17(20)11-13-7-8-14-4-1-2-5-15(14)10-13/h1-2,4-5,7-8,10,12,16H,3,6,9,11H2/t16-/m0/s1. The smallest absolute Gasteiger partial charge is 0.227 e. The molecule has 0 radical (unpaired) electrons. The fraction of sp³-hybridized carbons (Fsp3) is 0.294. The first-order valence-electron chi connectivity index (χ1n) is 7.00. The molecule has 0 saturated carbocycles. The Labute approximate surface area is 118 Å². The van der Waals surface area contributed by atoms with Gasteiger partial charge in [0.25, 0.3) is 0 Å². The largest absolute Gasteiger partial charge is 0.333 e. The van der Waals surface area contributed by atoms with E-state index < -0.39 is 0 Å². The lowest BCUT2D eigenvalue weighted by atomic mass is 10.0. The quantitative estimate of drug-likeness (QED) is 0.802. The van der Waals surface area contributed by atoms with E-state index in [4.69, 9.17) is 0 Å². The second-order valence-corrected chi connectivity index (χ2v) is 5.29. The maximum atomic E-state index is 12.3. The van der Waals surface area contributed by atoms with E-state index in [2.05, 4.69) is 12.1 Å². The number of hydrogen-bond acceptors (Lipinski definition) is 2. The molecule has 3 heteroatoms. The van der Waals surface area contributed by atoms with E-state index in [1.54, 1.807) is 4.90 Å². The first kappa shape index (κ1) is 12.9. The summed E-state index contributed by atoms with van der Waals surface area (Å²) in [7, 11) is 0. The van der Waals surface area contributed by atoms with E-state index in [0.29, 0.717) is 13.0 Å². The van der Waals surface area contributed by atoms with Gasteiger partial charge in [-0.3, -0.25) is 4.79 Å². The first-order valence-corrected chi connectivity index (χ1v) is 7.00. The average Bonchev–Trinajstić information content (AvgIpc) is 2.95. The highest BCUT2D eigenvalue weighted by atomic mass is 16.2. The molecule has 1 aliphatic heterocycles. The molecule has 102 valence electrons. The Hall–Kier alpha value is -2.16. The van der Waals surface area contributed by atoms with Crippen LogP contribution < -0.4 is 0 Å². The highest BCUT2D eigenvalue weighted by Crippen LogP contribution is 2.19. The highest BCUT2D eigenvalue weighted by Gasteiger charge is 2.27. The normalized spacial score (nSPS) is 18.4. The van der Waals surface area contributed by atoms with Crippen LogP contribution in [-0.4, -0.2) is 29.7 Å². The molecule has 2 aromatic carbocycles. The van der Waals surface area contributed by atoms with Gasteiger partial charge in [0.05, 0.1) is 12.5 Å². The number of likely N-dealkylation sites (tertiary alicyclic amines) is 1. The molecule has 3 nitrogen and oxygen atoms in total. The summed E-state index contributed by atoms with van der Waals surface area (Å²) >= 11 is 0. The molecule has 1 fully saturated rings. The van der Waals surface area contributed by atoms with Crippen molar-refractivity contribution in [2.75, 3.05) is 6.54 Å². The number of rotatable bonds is 3. The number of nitrogens with zero attached hydrogens (tertiary/aromatic N) is 1. The predicted molar refractivity (Wildman–Crippen MR) is 78.5 cm³/mol. The molecule has 20 heavy (non-hydrogen) atoms. The summed E-state index contributed by atoms with van der Waals surface area (Å²) in [4.78, 5) is 25.0. The Balaban J connectivity index is 1.78. The van der Waals surface area contributed by atoms with Gasteiger partial charge in [-0.1, -0.05) is 42.5 Å². The molecule has 3 rings (SSSR count). The third-order valence-electron chi connectivity index (χ3n) is 3.95. The van der Waals surface area contributed by atoms with Crippen molar-refractivity contribution in [2.45, 2.75) is 25.3 Å². The number of benzene rings is 2. The molecule has 1 saturated heterocycles. The third-order valence-corrected chi connectivity index (χ3v) is 3.95. The molecule has 0 aliphatic carbocycles. The van der Waals surface area contributed by atoms with Crippen LogP contribution >= 0.6 is 0 Å². The lowest BCUT2D eigenvalue weighted by Gasteiger charge is -2.20. The van der Waals surface area contributed by atoms with Crippen molar-refractivity contribution in [3.63, 3.8) is 0 Å². The van der Waals surface area contributed by atoms with Gasteiger partial charge in [0.1, 0.15) is 6.29 Å². The van der Waals surface area contributed by atoms with Crippen LogP contribution in [0.3, 0.4) is 0 Å². The molecule has 0 N–H and O–H groups in total. The van der Waals surface area contributed by atoms with Crippen molar-refractivity contribution in [2.24, 2.45) is 0 Å². The van der Waals surface area contributed by atoms with Gasteiger partial charge in [-0.2, -0.15) is 0 Å². The molecule has 0 spiro atoms. The monoisotopic (exact) mass is 267 g/mol. The van der Waals surface area contributed by atoms with Crippen molar-refractivity contribution < 1.29 is 9.59 Å². The van der Waals surface area contributed by atoms with Crippen LogP contribution in [0, 0.1) is 0 Å². The van der Waals surface area contributed by atoms with E-state index in [-0.39, 0.29) is 11.9 Å². The number of fused-ring (bicyclic) bond motifs is 1. The molecule has 1 amide bonds. The van der Waals surface area contributed by atoms with Gasteiger partial charge in [-0.05, 0) is 29.2 Å². The summed E-state index contributed by atoms with van der Waals surface area (Å²) in [6.07, 6.45) is 2.99. The highest BCUT2D eigenvalue weighted by molar-refractivity contribution is 5.86. The van der Waals surface area contributed by atoms with Crippen molar-refractivity contribution >= 4 is 23.0 Å². The van der Waals surface area contributed by atoms with Gasteiger partial charge in [0.2, 0.25) is 5.91 Å². The van der Waals surface area contributed by atoms with E-state index in [1.807, 2.05) is 30.3 Å². The molecule has 0 aromatic heterocycles. The van der Waals surface area contributed by atoms with Gasteiger partial charge in [-0.15, -0.1) is 0 Å². The average molecular weight is 267 g/mol. The zero-order valence-corrected chi connectivity index (χ0v) is 11.3. The zero-order chi connectivity index (χ0) is 13.9. The molecule has 1 aliphatic rings. The number of aldehydes is 1. The van der Waals surface area contributed by atoms with Crippen LogP contribution in [0.5, 0.6) is 0 Å². The lowest BCUT2D eigenvalue weighted by molar-refractivity contribution is -0.133. The Morgan fingerprint density at radius 3 is 2.80 bits per heavy atom. The summed E-state index contributed by atoms with van der Waals surface area (Å²) in [6, 6.07) is 14.0. The van der Waals surface area contributed by atoms with Gasteiger partial charge < -0.3 is 9.69 Å². The minimum Gasteiger partial charge on any atom is -0.333 e. The van der Waals surface area contributed by atoms with Crippen LogP contribution in [0.4, 0.5) is 0 Å². The van der Waals surface area contributed by atoms with E-state index in [0.717, 1.165) is 30.1 Å². The number of carbonyl (C=O) groups excluding carboxylic acids is 2. The SMILES string of the molecule is O=C[C@@H]1CCCN1C(=O)Cc1ccc2ccccc2c1. The number of hydrogen-bond donors (Lipinski definition) is 0. The number of carbonyl (C=O) groups is 2. The van der Waals surface area contributed by atoms with Crippen LogP contribution in [0.15, 0.2) is 42.5 Å². The fourth-order valence-electron chi connectivity index (χ4n) is 2.87. The molecule has 2 aromatic rings. The third kappa shape index (κ3) is 2.44. The van der Waals surface area contributed by atoms with Gasteiger partial charge in [-0.25, -0.2) is 0 Å². The second-order valence-electron chi connectivity index (χ2n) is 5.29. The summed E-state index contributed by atoms with van der Waals surface area (Å²) in [5, 5.41) is 2.32. The van der Waals surface area contributed by atoms with Crippen molar-refractivity contribution in [3.05, 3.63) is 48.0 Å². The van der Waals surface area contributed by atoms with Crippen molar-refractivity contribution in [1.82, 2.24) is 4.90 Å². The summed E-state index contributed by atoms with van der Waals surface area (Å²) in [5.41, 5.74) is 1.00. The fourth-order valence-corrected chi connectivity index (χ4v) is 2.87. The summed E-state index contributed by atoms with van der Waals surface area (Å²) in [6.45, 7) is 0.704. The van der Waals surface area contributed by atoms with Crippen molar-refractivity contribution in [3.8, 4) is 0 Å². The van der Waals surface area contributed by atoms with E-state index in [1.165, 1.54) is 5.39 Å². The van der Waals surface area contributed by atoms with Crippen LogP contribution in [0.2, 0.25) is 0 Å².